The van der Waals surface area contributed by atoms with Gasteiger partial charge >= 0.3 is 5.97 Å². The zero-order chi connectivity index (χ0) is 16.4. The first-order valence-electron chi connectivity index (χ1n) is 7.38. The quantitative estimate of drug-likeness (QED) is 0.226. The molecule has 0 aliphatic carbocycles. The van der Waals surface area contributed by atoms with Crippen LogP contribution in [-0.4, -0.2) is 44.1 Å². The SMILES string of the molecule is CCOC(=O)CCCNC(=NC)N(C)Cc1cccc(Cl)c1.I. The number of nitrogens with zero attached hydrogens (tertiary/aromatic N) is 2. The standard InChI is InChI=1S/C16H24ClN3O2.HI/c1-4-22-15(21)9-6-10-19-16(18-2)20(3)12-13-7-5-8-14(17)11-13;/h5,7-8,11H,4,6,9-10,12H2,1-3H3,(H,18,19);1H. The zero-order valence-corrected chi connectivity index (χ0v) is 16.9. The van der Waals surface area contributed by atoms with E-state index in [4.69, 9.17) is 16.3 Å². The number of esters is 1. The number of halogens is 2. The van der Waals surface area contributed by atoms with E-state index in [0.717, 1.165) is 16.5 Å². The Kier molecular flexibility index (Phi) is 11.9. The molecule has 130 valence electrons. The van der Waals surface area contributed by atoms with Crippen molar-refractivity contribution in [2.75, 3.05) is 27.2 Å². The monoisotopic (exact) mass is 453 g/mol. The maximum atomic E-state index is 11.3. The molecule has 0 aromatic heterocycles. The first-order chi connectivity index (χ1) is 10.6. The number of guanidine groups is 1. The summed E-state index contributed by atoms with van der Waals surface area (Å²) in [6.07, 6.45) is 1.12. The van der Waals surface area contributed by atoms with Crippen molar-refractivity contribution in [2.24, 2.45) is 4.99 Å². The van der Waals surface area contributed by atoms with E-state index in [1.165, 1.54) is 0 Å². The van der Waals surface area contributed by atoms with Crippen LogP contribution in [0.4, 0.5) is 0 Å². The van der Waals surface area contributed by atoms with E-state index in [1.807, 2.05) is 43.1 Å². The van der Waals surface area contributed by atoms with Crippen LogP contribution in [0.2, 0.25) is 5.02 Å². The summed E-state index contributed by atoms with van der Waals surface area (Å²) in [5, 5.41) is 3.96. The fourth-order valence-corrected chi connectivity index (χ4v) is 2.25. The maximum Gasteiger partial charge on any atom is 0.305 e. The molecule has 0 saturated carbocycles. The van der Waals surface area contributed by atoms with Gasteiger partial charge < -0.3 is 15.0 Å². The number of aliphatic imine (C=N–C) groups is 1. The van der Waals surface area contributed by atoms with E-state index in [0.29, 0.717) is 32.5 Å². The number of rotatable bonds is 7. The Labute approximate surface area is 160 Å². The lowest BCUT2D eigenvalue weighted by Crippen LogP contribution is -2.39. The molecular formula is C16H25ClIN3O2. The predicted molar refractivity (Wildman–Crippen MR) is 106 cm³/mol. The summed E-state index contributed by atoms with van der Waals surface area (Å²) < 4.78 is 4.89. The molecule has 0 bridgehead atoms. The topological polar surface area (TPSA) is 53.9 Å². The van der Waals surface area contributed by atoms with Crippen LogP contribution in [0.5, 0.6) is 0 Å². The normalized spacial score (nSPS) is 10.7. The van der Waals surface area contributed by atoms with E-state index >= 15 is 0 Å². The highest BCUT2D eigenvalue weighted by Crippen LogP contribution is 2.12. The van der Waals surface area contributed by atoms with Gasteiger partial charge in [-0.1, -0.05) is 23.7 Å². The summed E-state index contributed by atoms with van der Waals surface area (Å²) >= 11 is 5.99. The maximum absolute atomic E-state index is 11.3. The lowest BCUT2D eigenvalue weighted by atomic mass is 10.2. The van der Waals surface area contributed by atoms with Crippen LogP contribution < -0.4 is 5.32 Å². The number of hydrogen-bond donors (Lipinski definition) is 1. The number of nitrogens with one attached hydrogen (secondary N) is 1. The van der Waals surface area contributed by atoms with Gasteiger partial charge in [0.2, 0.25) is 0 Å². The molecule has 0 aliphatic heterocycles. The number of hydrogen-bond acceptors (Lipinski definition) is 3. The molecule has 1 rings (SSSR count). The summed E-state index contributed by atoms with van der Waals surface area (Å²) in [6, 6.07) is 7.75. The Morgan fingerprint density at radius 2 is 2.17 bits per heavy atom. The Bertz CT molecular complexity index is 512. The van der Waals surface area contributed by atoms with Crippen molar-refractivity contribution in [3.05, 3.63) is 34.9 Å². The van der Waals surface area contributed by atoms with Crippen molar-refractivity contribution >= 4 is 47.5 Å². The van der Waals surface area contributed by atoms with Gasteiger partial charge in [0.05, 0.1) is 6.61 Å². The number of ether oxygens (including phenoxy) is 1. The van der Waals surface area contributed by atoms with E-state index in [2.05, 4.69) is 10.3 Å². The molecular weight excluding hydrogens is 429 g/mol. The van der Waals surface area contributed by atoms with Crippen LogP contribution in [-0.2, 0) is 16.1 Å². The highest BCUT2D eigenvalue weighted by molar-refractivity contribution is 14.0. The Balaban J connectivity index is 0.00000484. The third kappa shape index (κ3) is 9.00. The summed E-state index contributed by atoms with van der Waals surface area (Å²) in [7, 11) is 3.70. The first-order valence-corrected chi connectivity index (χ1v) is 7.76. The van der Waals surface area contributed by atoms with E-state index in [1.54, 1.807) is 7.05 Å². The van der Waals surface area contributed by atoms with Gasteiger partial charge in [-0.2, -0.15) is 0 Å². The number of benzene rings is 1. The second kappa shape index (κ2) is 12.4. The Morgan fingerprint density at radius 1 is 1.43 bits per heavy atom. The third-order valence-electron chi connectivity index (χ3n) is 3.03. The van der Waals surface area contributed by atoms with E-state index in [9.17, 15) is 4.79 Å². The zero-order valence-electron chi connectivity index (χ0n) is 13.8. The molecule has 0 heterocycles. The molecule has 0 atom stereocenters. The fourth-order valence-electron chi connectivity index (χ4n) is 2.03. The lowest BCUT2D eigenvalue weighted by molar-refractivity contribution is -0.143. The van der Waals surface area contributed by atoms with Crippen LogP contribution in [0.3, 0.4) is 0 Å². The van der Waals surface area contributed by atoms with Crippen molar-refractivity contribution in [1.29, 1.82) is 0 Å². The molecule has 7 heteroatoms. The van der Waals surface area contributed by atoms with Crippen molar-refractivity contribution in [3.8, 4) is 0 Å². The highest BCUT2D eigenvalue weighted by atomic mass is 127. The average Bonchev–Trinajstić information content (AvgIpc) is 2.47. The van der Waals surface area contributed by atoms with Crippen molar-refractivity contribution in [3.63, 3.8) is 0 Å². The molecule has 1 aromatic carbocycles. The molecule has 0 unspecified atom stereocenters. The molecule has 23 heavy (non-hydrogen) atoms. The molecule has 0 spiro atoms. The molecule has 5 nitrogen and oxygen atoms in total. The van der Waals surface area contributed by atoms with Crippen molar-refractivity contribution in [1.82, 2.24) is 10.2 Å². The largest absolute Gasteiger partial charge is 0.466 e. The second-order valence-electron chi connectivity index (χ2n) is 4.87. The Hall–Kier alpha value is -1.02. The van der Waals surface area contributed by atoms with Gasteiger partial charge in [-0.25, -0.2) is 0 Å². The minimum Gasteiger partial charge on any atom is -0.466 e. The molecule has 0 fully saturated rings. The van der Waals surface area contributed by atoms with Crippen molar-refractivity contribution in [2.45, 2.75) is 26.3 Å². The van der Waals surface area contributed by atoms with Crippen molar-refractivity contribution < 1.29 is 9.53 Å². The summed E-state index contributed by atoms with van der Waals surface area (Å²) in [5.41, 5.74) is 1.12. The summed E-state index contributed by atoms with van der Waals surface area (Å²) in [6.45, 7) is 3.61. The molecule has 1 N–H and O–H groups in total. The van der Waals surface area contributed by atoms with E-state index in [-0.39, 0.29) is 29.9 Å². The van der Waals surface area contributed by atoms with Gasteiger partial charge in [0.25, 0.3) is 0 Å². The molecule has 0 amide bonds. The van der Waals surface area contributed by atoms with Gasteiger partial charge in [0.1, 0.15) is 0 Å². The Morgan fingerprint density at radius 3 is 2.78 bits per heavy atom. The van der Waals surface area contributed by atoms with Crippen LogP contribution in [0, 0.1) is 0 Å². The van der Waals surface area contributed by atoms with Gasteiger partial charge in [-0.3, -0.25) is 9.79 Å². The van der Waals surface area contributed by atoms with Gasteiger partial charge in [-0.05, 0) is 31.0 Å². The van der Waals surface area contributed by atoms with Crippen LogP contribution in [0.15, 0.2) is 29.3 Å². The predicted octanol–water partition coefficient (Wildman–Crippen LogP) is 3.31. The van der Waals surface area contributed by atoms with Gasteiger partial charge in [0, 0.05) is 38.6 Å². The van der Waals surface area contributed by atoms with Gasteiger partial charge in [-0.15, -0.1) is 24.0 Å². The average molecular weight is 454 g/mol. The molecule has 1 aromatic rings. The third-order valence-corrected chi connectivity index (χ3v) is 3.26. The van der Waals surface area contributed by atoms with E-state index < -0.39 is 0 Å². The van der Waals surface area contributed by atoms with Crippen LogP contribution >= 0.6 is 35.6 Å². The second-order valence-corrected chi connectivity index (χ2v) is 5.30. The van der Waals surface area contributed by atoms with Gasteiger partial charge in [0.15, 0.2) is 5.96 Å². The fraction of sp³-hybridized carbons (Fsp3) is 0.500. The minimum absolute atomic E-state index is 0. The van der Waals surface area contributed by atoms with Crippen LogP contribution in [0.25, 0.3) is 0 Å². The van der Waals surface area contributed by atoms with Crippen LogP contribution in [0.1, 0.15) is 25.3 Å². The smallest absolute Gasteiger partial charge is 0.305 e. The number of carbonyl (C=O) groups excluding carboxylic acids is 1. The molecule has 0 saturated heterocycles. The molecule has 0 radical (unpaired) electrons. The highest BCUT2D eigenvalue weighted by Gasteiger charge is 2.07. The summed E-state index contributed by atoms with van der Waals surface area (Å²) in [5.74, 6) is 0.621. The number of carbonyl (C=O) groups is 1. The molecule has 0 aliphatic rings. The lowest BCUT2D eigenvalue weighted by Gasteiger charge is -2.22. The summed E-state index contributed by atoms with van der Waals surface area (Å²) in [4.78, 5) is 17.5. The first kappa shape index (κ1) is 22.0. The minimum atomic E-state index is -0.161.